The van der Waals surface area contributed by atoms with Gasteiger partial charge < -0.3 is 9.88 Å². The van der Waals surface area contributed by atoms with Gasteiger partial charge in [0.05, 0.1) is 5.75 Å². The predicted molar refractivity (Wildman–Crippen MR) is 109 cm³/mol. The summed E-state index contributed by atoms with van der Waals surface area (Å²) in [5.41, 5.74) is 0.377. The molecular formula is C22H32N4OS. The number of thioether (sulfide) groups is 1. The van der Waals surface area contributed by atoms with Crippen molar-refractivity contribution in [2.24, 2.45) is 23.2 Å². The van der Waals surface area contributed by atoms with Gasteiger partial charge in [-0.1, -0.05) is 11.8 Å². The van der Waals surface area contributed by atoms with Crippen molar-refractivity contribution in [3.63, 3.8) is 0 Å². The van der Waals surface area contributed by atoms with Crippen molar-refractivity contribution in [3.05, 3.63) is 5.82 Å². The minimum atomic E-state index is 0.173. The van der Waals surface area contributed by atoms with Crippen molar-refractivity contribution in [1.82, 2.24) is 20.1 Å². The fraction of sp³-hybridized carbons (Fsp3) is 0.864. The van der Waals surface area contributed by atoms with E-state index in [-0.39, 0.29) is 5.91 Å². The highest BCUT2D eigenvalue weighted by atomic mass is 32.2. The Kier molecular flexibility index (Phi) is 4.12. The smallest absolute Gasteiger partial charge is 0.230 e. The number of aromatic nitrogens is 3. The van der Waals surface area contributed by atoms with Crippen molar-refractivity contribution in [2.75, 3.05) is 5.75 Å². The summed E-state index contributed by atoms with van der Waals surface area (Å²) >= 11 is 1.59. The molecule has 0 aliphatic heterocycles. The topological polar surface area (TPSA) is 59.8 Å². The molecular weight excluding hydrogens is 368 g/mol. The van der Waals surface area contributed by atoms with Crippen LogP contribution < -0.4 is 5.32 Å². The molecule has 1 amide bonds. The zero-order valence-electron chi connectivity index (χ0n) is 16.9. The molecule has 7 rings (SSSR count). The second kappa shape index (κ2) is 6.48. The first-order valence-corrected chi connectivity index (χ1v) is 12.4. The lowest BCUT2D eigenvalue weighted by Crippen LogP contribution is -2.56. The Morgan fingerprint density at radius 2 is 1.75 bits per heavy atom. The van der Waals surface area contributed by atoms with Crippen LogP contribution in [0.25, 0.3) is 0 Å². The van der Waals surface area contributed by atoms with Crippen LogP contribution in [0.15, 0.2) is 5.16 Å². The number of rotatable bonds is 7. The minimum Gasteiger partial charge on any atom is -0.352 e. The van der Waals surface area contributed by atoms with Crippen molar-refractivity contribution in [3.8, 4) is 0 Å². The lowest BCUT2D eigenvalue weighted by atomic mass is 9.48. The van der Waals surface area contributed by atoms with Gasteiger partial charge in [0.2, 0.25) is 5.91 Å². The molecule has 1 aromatic heterocycles. The molecule has 1 unspecified atom stereocenters. The number of nitrogens with zero attached hydrogens (tertiary/aromatic N) is 3. The molecule has 6 heteroatoms. The first kappa shape index (κ1) is 17.8. The van der Waals surface area contributed by atoms with Gasteiger partial charge in [-0.25, -0.2) is 0 Å². The molecule has 0 saturated heterocycles. The molecule has 4 bridgehead atoms. The fourth-order valence-corrected chi connectivity index (χ4v) is 7.78. The van der Waals surface area contributed by atoms with Gasteiger partial charge in [0, 0.05) is 18.0 Å². The van der Waals surface area contributed by atoms with Crippen LogP contribution >= 0.6 is 11.8 Å². The van der Waals surface area contributed by atoms with E-state index in [9.17, 15) is 4.79 Å². The quantitative estimate of drug-likeness (QED) is 0.693. The molecule has 0 spiro atoms. The van der Waals surface area contributed by atoms with Crippen LogP contribution in [0.1, 0.15) is 88.9 Å². The Balaban J connectivity index is 1.09. The standard InChI is InChI=1S/C22H32N4OS/c1-13(22-9-14-6-15(10-22)8-16(7-14)11-22)23-19(27)12-28-21-25-24-20(17-2-3-17)26(21)18-4-5-18/h13-18H,2-12H2,1H3,(H,23,27). The van der Waals surface area contributed by atoms with E-state index in [0.717, 1.165) is 22.9 Å². The van der Waals surface area contributed by atoms with Crippen LogP contribution in [-0.2, 0) is 4.79 Å². The Morgan fingerprint density at radius 1 is 1.11 bits per heavy atom. The summed E-state index contributed by atoms with van der Waals surface area (Å²) in [4.78, 5) is 12.8. The molecule has 1 aromatic rings. The number of hydrogen-bond acceptors (Lipinski definition) is 4. The average Bonchev–Trinajstić information content (AvgIpc) is 3.57. The van der Waals surface area contributed by atoms with Gasteiger partial charge in [0.1, 0.15) is 5.82 Å². The van der Waals surface area contributed by atoms with Gasteiger partial charge >= 0.3 is 0 Å². The normalized spacial score (nSPS) is 37.2. The monoisotopic (exact) mass is 400 g/mol. The van der Waals surface area contributed by atoms with Gasteiger partial charge in [0.15, 0.2) is 5.16 Å². The maximum absolute atomic E-state index is 12.8. The van der Waals surface area contributed by atoms with E-state index in [1.807, 2.05) is 0 Å². The van der Waals surface area contributed by atoms with Crippen LogP contribution in [0.5, 0.6) is 0 Å². The molecule has 28 heavy (non-hydrogen) atoms. The van der Waals surface area contributed by atoms with Gasteiger partial charge in [-0.05, 0) is 94.3 Å². The molecule has 0 radical (unpaired) electrons. The van der Waals surface area contributed by atoms with Crippen LogP contribution in [-0.4, -0.2) is 32.5 Å². The van der Waals surface area contributed by atoms with E-state index in [1.54, 1.807) is 11.8 Å². The molecule has 6 fully saturated rings. The fourth-order valence-electron chi connectivity index (χ4n) is 6.96. The van der Waals surface area contributed by atoms with Gasteiger partial charge in [-0.15, -0.1) is 10.2 Å². The lowest BCUT2D eigenvalue weighted by Gasteiger charge is -2.59. The SMILES string of the molecule is CC(NC(=O)CSc1nnc(C2CC2)n1C1CC1)C12CC3CC(CC(C3)C1)C2. The molecule has 0 aromatic carbocycles. The third kappa shape index (κ3) is 3.10. The zero-order chi connectivity index (χ0) is 18.9. The highest BCUT2D eigenvalue weighted by Gasteiger charge is 2.53. The Morgan fingerprint density at radius 3 is 2.32 bits per heavy atom. The third-order valence-corrected chi connectivity index (χ3v) is 9.20. The first-order chi connectivity index (χ1) is 13.6. The van der Waals surface area contributed by atoms with E-state index in [0.29, 0.717) is 29.2 Å². The summed E-state index contributed by atoms with van der Waals surface area (Å²) in [5, 5.41) is 13.3. The second-order valence-corrected chi connectivity index (χ2v) is 11.5. The predicted octanol–water partition coefficient (Wildman–Crippen LogP) is 4.30. The summed E-state index contributed by atoms with van der Waals surface area (Å²) in [7, 11) is 0. The maximum Gasteiger partial charge on any atom is 0.230 e. The number of amides is 1. The summed E-state index contributed by atoms with van der Waals surface area (Å²) in [5.74, 6) is 5.21. The number of carbonyl (C=O) groups is 1. The van der Waals surface area contributed by atoms with E-state index < -0.39 is 0 Å². The zero-order valence-corrected chi connectivity index (χ0v) is 17.7. The second-order valence-electron chi connectivity index (χ2n) is 10.6. The Labute approximate surface area is 171 Å². The first-order valence-electron chi connectivity index (χ1n) is 11.5. The van der Waals surface area contributed by atoms with Crippen molar-refractivity contribution in [2.45, 2.75) is 94.3 Å². The highest BCUT2D eigenvalue weighted by Crippen LogP contribution is 2.61. The highest BCUT2D eigenvalue weighted by molar-refractivity contribution is 7.99. The van der Waals surface area contributed by atoms with Crippen LogP contribution in [0.4, 0.5) is 0 Å². The maximum atomic E-state index is 12.8. The summed E-state index contributed by atoms with van der Waals surface area (Å²) < 4.78 is 2.35. The van der Waals surface area contributed by atoms with Crippen LogP contribution in [0.2, 0.25) is 0 Å². The number of hydrogen-bond donors (Lipinski definition) is 1. The largest absolute Gasteiger partial charge is 0.352 e. The molecule has 5 nitrogen and oxygen atoms in total. The number of carbonyl (C=O) groups excluding carboxylic acids is 1. The Bertz CT molecular complexity index is 746. The lowest BCUT2D eigenvalue weighted by molar-refractivity contribution is -0.123. The summed E-state index contributed by atoms with van der Waals surface area (Å²) in [6, 6.07) is 0.888. The van der Waals surface area contributed by atoms with Crippen molar-refractivity contribution in [1.29, 1.82) is 0 Å². The molecule has 152 valence electrons. The van der Waals surface area contributed by atoms with E-state index in [4.69, 9.17) is 0 Å². The van der Waals surface area contributed by atoms with E-state index in [1.165, 1.54) is 70.0 Å². The Hall–Kier alpha value is -1.04. The third-order valence-electron chi connectivity index (χ3n) is 8.26. The van der Waals surface area contributed by atoms with Crippen molar-refractivity contribution < 1.29 is 4.79 Å². The molecule has 6 aliphatic carbocycles. The van der Waals surface area contributed by atoms with Gasteiger partial charge in [0.25, 0.3) is 0 Å². The van der Waals surface area contributed by atoms with E-state index in [2.05, 4.69) is 27.0 Å². The molecule has 1 heterocycles. The van der Waals surface area contributed by atoms with Gasteiger partial charge in [-0.2, -0.15) is 0 Å². The molecule has 1 N–H and O–H groups in total. The number of nitrogens with one attached hydrogen (secondary N) is 1. The summed E-state index contributed by atoms with van der Waals surface area (Å²) in [6.07, 6.45) is 13.4. The minimum absolute atomic E-state index is 0.173. The van der Waals surface area contributed by atoms with Crippen molar-refractivity contribution >= 4 is 17.7 Å². The summed E-state index contributed by atoms with van der Waals surface area (Å²) in [6.45, 7) is 2.27. The molecule has 6 aliphatic rings. The molecule has 6 saturated carbocycles. The van der Waals surface area contributed by atoms with Crippen LogP contribution in [0.3, 0.4) is 0 Å². The van der Waals surface area contributed by atoms with Crippen LogP contribution in [0, 0.1) is 23.2 Å². The van der Waals surface area contributed by atoms with E-state index >= 15 is 0 Å². The molecule has 1 atom stereocenters. The average molecular weight is 401 g/mol. The van der Waals surface area contributed by atoms with Gasteiger partial charge in [-0.3, -0.25) is 4.79 Å².